The summed E-state index contributed by atoms with van der Waals surface area (Å²) in [6.45, 7) is 9.47. The summed E-state index contributed by atoms with van der Waals surface area (Å²) in [7, 11) is 0. The Morgan fingerprint density at radius 3 is 2.50 bits per heavy atom. The monoisotopic (exact) mass is 516 g/mol. The van der Waals surface area contributed by atoms with Crippen molar-refractivity contribution in [2.45, 2.75) is 59.0 Å². The summed E-state index contributed by atoms with van der Waals surface area (Å²) in [5, 5.41) is 7.53. The molecule has 0 radical (unpaired) electrons. The molecule has 2 aliphatic heterocycles. The number of fused-ring (bicyclic) bond motifs is 2. The summed E-state index contributed by atoms with van der Waals surface area (Å²) in [6.07, 6.45) is 4.30. The van der Waals surface area contributed by atoms with Gasteiger partial charge in [0.2, 0.25) is 5.91 Å². The molecular formula is C31H40N4O3. The van der Waals surface area contributed by atoms with Crippen LogP contribution in [0.4, 0.5) is 0 Å². The Balaban J connectivity index is 1.26. The summed E-state index contributed by atoms with van der Waals surface area (Å²) in [6, 6.07) is 16.0. The van der Waals surface area contributed by atoms with E-state index >= 15 is 0 Å². The number of piperidine rings is 1. The molecule has 7 heteroatoms. The highest BCUT2D eigenvalue weighted by atomic mass is 16.5. The molecule has 0 saturated carbocycles. The molecule has 0 bridgehead atoms. The second kappa shape index (κ2) is 11.6. The molecule has 3 aromatic rings. The maximum atomic E-state index is 13.5. The predicted molar refractivity (Wildman–Crippen MR) is 150 cm³/mol. The molecule has 202 valence electrons. The molecular weight excluding hydrogens is 476 g/mol. The summed E-state index contributed by atoms with van der Waals surface area (Å²) < 4.78 is 8.29. The van der Waals surface area contributed by atoms with Gasteiger partial charge in [0.25, 0.3) is 5.91 Å². The third-order valence-corrected chi connectivity index (χ3v) is 8.50. The maximum absolute atomic E-state index is 13.5. The summed E-state index contributed by atoms with van der Waals surface area (Å²) >= 11 is 0. The Morgan fingerprint density at radius 1 is 0.921 bits per heavy atom. The fourth-order valence-electron chi connectivity index (χ4n) is 6.24. The molecule has 1 aromatic heterocycles. The largest absolute Gasteiger partial charge is 0.491 e. The molecule has 38 heavy (non-hydrogen) atoms. The van der Waals surface area contributed by atoms with Crippen LogP contribution in [0.3, 0.4) is 0 Å². The van der Waals surface area contributed by atoms with Crippen molar-refractivity contribution in [3.05, 3.63) is 65.4 Å². The number of rotatable bonds is 3. The van der Waals surface area contributed by atoms with Gasteiger partial charge in [-0.15, -0.1) is 0 Å². The van der Waals surface area contributed by atoms with Gasteiger partial charge in [-0.25, -0.2) is 0 Å². The first-order chi connectivity index (χ1) is 18.5. The van der Waals surface area contributed by atoms with Gasteiger partial charge in [-0.1, -0.05) is 36.8 Å². The number of aromatic nitrogens is 1. The minimum atomic E-state index is -0.366. The van der Waals surface area contributed by atoms with Crippen LogP contribution in [0.5, 0.6) is 5.75 Å². The SMILES string of the molecule is CCn1c(C)c(CN2CCC3(CCCCNC(=O)c4ccccc4OCCNC3=O)CC2)c2ccccc21. The third kappa shape index (κ3) is 5.30. The van der Waals surface area contributed by atoms with E-state index in [2.05, 4.69) is 58.2 Å². The van der Waals surface area contributed by atoms with Gasteiger partial charge in [0.1, 0.15) is 12.4 Å². The van der Waals surface area contributed by atoms with Crippen LogP contribution >= 0.6 is 0 Å². The number of aryl methyl sites for hydroxylation is 1. The molecule has 2 aliphatic rings. The highest BCUT2D eigenvalue weighted by Crippen LogP contribution is 2.38. The van der Waals surface area contributed by atoms with Gasteiger partial charge in [0.15, 0.2) is 0 Å². The van der Waals surface area contributed by atoms with Gasteiger partial charge in [-0.2, -0.15) is 0 Å². The molecule has 0 unspecified atom stereocenters. The van der Waals surface area contributed by atoms with E-state index in [1.807, 2.05) is 12.1 Å². The van der Waals surface area contributed by atoms with Crippen molar-refractivity contribution < 1.29 is 14.3 Å². The van der Waals surface area contributed by atoms with Gasteiger partial charge in [-0.3, -0.25) is 14.5 Å². The smallest absolute Gasteiger partial charge is 0.255 e. The topological polar surface area (TPSA) is 75.6 Å². The first-order valence-corrected chi connectivity index (χ1v) is 14.1. The average molecular weight is 517 g/mol. The number of amides is 2. The van der Waals surface area contributed by atoms with Crippen LogP contribution < -0.4 is 15.4 Å². The average Bonchev–Trinajstić information content (AvgIpc) is 3.21. The molecule has 1 fully saturated rings. The van der Waals surface area contributed by atoms with Crippen molar-refractivity contribution in [3.63, 3.8) is 0 Å². The standard InChI is InChI=1S/C31H40N4O3/c1-3-35-23(2)26(24-10-4-6-12-27(24)35)22-34-19-15-31(16-20-34)14-8-9-17-32-29(36)25-11-5-7-13-28(25)38-21-18-33-30(31)37/h4-7,10-13H,3,8-9,14-22H2,1-2H3,(H,32,36)(H,33,37). The van der Waals surface area contributed by atoms with Gasteiger partial charge >= 0.3 is 0 Å². The maximum Gasteiger partial charge on any atom is 0.255 e. The van der Waals surface area contributed by atoms with Crippen molar-refractivity contribution >= 4 is 22.7 Å². The molecule has 3 heterocycles. The van der Waals surface area contributed by atoms with Gasteiger partial charge in [0.05, 0.1) is 17.5 Å². The second-order valence-corrected chi connectivity index (χ2v) is 10.7. The molecule has 7 nitrogen and oxygen atoms in total. The van der Waals surface area contributed by atoms with Crippen LogP contribution in [0.15, 0.2) is 48.5 Å². The number of ether oxygens (including phenoxy) is 1. The highest BCUT2D eigenvalue weighted by Gasteiger charge is 2.40. The zero-order valence-electron chi connectivity index (χ0n) is 22.7. The Labute approximate surface area is 225 Å². The first kappa shape index (κ1) is 26.3. The van der Waals surface area contributed by atoms with Crippen molar-refractivity contribution in [1.82, 2.24) is 20.1 Å². The van der Waals surface area contributed by atoms with Crippen LogP contribution in [0.1, 0.15) is 60.6 Å². The number of carbonyl (C=O) groups excluding carboxylic acids is 2. The van der Waals surface area contributed by atoms with E-state index in [0.29, 0.717) is 31.0 Å². The van der Waals surface area contributed by atoms with Crippen molar-refractivity contribution in [2.24, 2.45) is 5.41 Å². The van der Waals surface area contributed by atoms with Gasteiger partial charge in [0, 0.05) is 36.2 Å². The highest BCUT2D eigenvalue weighted by molar-refractivity contribution is 5.96. The van der Waals surface area contributed by atoms with E-state index < -0.39 is 0 Å². The third-order valence-electron chi connectivity index (χ3n) is 8.50. The zero-order valence-corrected chi connectivity index (χ0v) is 22.7. The summed E-state index contributed by atoms with van der Waals surface area (Å²) in [5.74, 6) is 0.595. The fraction of sp³-hybridized carbons (Fsp3) is 0.484. The molecule has 5 rings (SSSR count). The van der Waals surface area contributed by atoms with E-state index in [1.165, 1.54) is 22.2 Å². The minimum absolute atomic E-state index is 0.107. The quantitative estimate of drug-likeness (QED) is 0.531. The number of nitrogens with one attached hydrogen (secondary N) is 2. The lowest BCUT2D eigenvalue weighted by Gasteiger charge is -2.41. The minimum Gasteiger partial charge on any atom is -0.491 e. The number of para-hydroxylation sites is 2. The summed E-state index contributed by atoms with van der Waals surface area (Å²) in [5.41, 5.74) is 4.22. The van der Waals surface area contributed by atoms with E-state index in [1.54, 1.807) is 12.1 Å². The van der Waals surface area contributed by atoms with Crippen LogP contribution in [0, 0.1) is 12.3 Å². The Kier molecular flexibility index (Phi) is 8.03. The molecule has 0 aliphatic carbocycles. The van der Waals surface area contributed by atoms with E-state index in [4.69, 9.17) is 4.74 Å². The number of likely N-dealkylation sites (tertiary alicyclic amines) is 1. The van der Waals surface area contributed by atoms with Crippen molar-refractivity contribution in [3.8, 4) is 5.75 Å². The van der Waals surface area contributed by atoms with Crippen molar-refractivity contribution in [1.29, 1.82) is 0 Å². The van der Waals surface area contributed by atoms with Crippen LogP contribution in [-0.4, -0.2) is 54.1 Å². The van der Waals surface area contributed by atoms with E-state index in [0.717, 1.165) is 58.3 Å². The Bertz CT molecular complexity index is 1290. The number of nitrogens with zero attached hydrogens (tertiary/aromatic N) is 2. The Morgan fingerprint density at radius 2 is 1.68 bits per heavy atom. The van der Waals surface area contributed by atoms with Crippen LogP contribution in [-0.2, 0) is 17.9 Å². The molecule has 0 atom stereocenters. The van der Waals surface area contributed by atoms with E-state index in [-0.39, 0.29) is 17.2 Å². The van der Waals surface area contributed by atoms with Crippen LogP contribution in [0.25, 0.3) is 10.9 Å². The second-order valence-electron chi connectivity index (χ2n) is 10.7. The lowest BCUT2D eigenvalue weighted by Crippen LogP contribution is -2.49. The summed E-state index contributed by atoms with van der Waals surface area (Å²) in [4.78, 5) is 28.7. The first-order valence-electron chi connectivity index (χ1n) is 14.1. The lowest BCUT2D eigenvalue weighted by atomic mass is 9.73. The lowest BCUT2D eigenvalue weighted by molar-refractivity contribution is -0.134. The fourth-order valence-corrected chi connectivity index (χ4v) is 6.24. The van der Waals surface area contributed by atoms with Gasteiger partial charge < -0.3 is 19.9 Å². The normalized spacial score (nSPS) is 19.3. The van der Waals surface area contributed by atoms with E-state index in [9.17, 15) is 9.59 Å². The molecule has 2 N–H and O–H groups in total. The molecule has 1 spiro atoms. The van der Waals surface area contributed by atoms with Gasteiger partial charge in [-0.05, 0) is 76.4 Å². The number of benzene rings is 2. The molecule has 2 aromatic carbocycles. The molecule has 2 amide bonds. The zero-order chi connectivity index (χ0) is 26.5. The Hall–Kier alpha value is -3.32. The number of hydrogen-bond acceptors (Lipinski definition) is 4. The van der Waals surface area contributed by atoms with Crippen molar-refractivity contribution in [2.75, 3.05) is 32.8 Å². The van der Waals surface area contributed by atoms with Crippen LogP contribution in [0.2, 0.25) is 0 Å². The molecule has 1 saturated heterocycles. The number of carbonyl (C=O) groups is 2. The number of hydrogen-bond donors (Lipinski definition) is 2. The predicted octanol–water partition coefficient (Wildman–Crippen LogP) is 4.66.